The lowest BCUT2D eigenvalue weighted by Gasteiger charge is -2.38. The van der Waals surface area contributed by atoms with E-state index < -0.39 is 0 Å². The Morgan fingerprint density at radius 1 is 1.32 bits per heavy atom. The van der Waals surface area contributed by atoms with Crippen LogP contribution in [0.5, 0.6) is 0 Å². The van der Waals surface area contributed by atoms with Crippen LogP contribution in [0.2, 0.25) is 0 Å². The molecule has 116 valence electrons. The first-order valence-corrected chi connectivity index (χ1v) is 7.98. The molecule has 0 spiro atoms. The summed E-state index contributed by atoms with van der Waals surface area (Å²) in [4.78, 5) is 25.5. The number of fused-ring (bicyclic) bond motifs is 3. The van der Waals surface area contributed by atoms with Gasteiger partial charge < -0.3 is 10.2 Å². The predicted octanol–water partition coefficient (Wildman–Crippen LogP) is 2.01. The van der Waals surface area contributed by atoms with Gasteiger partial charge in [0.25, 0.3) is 5.69 Å². The molecule has 2 fully saturated rings. The molecule has 2 aliphatic heterocycles. The smallest absolute Gasteiger partial charge is 0.269 e. The van der Waals surface area contributed by atoms with Crippen molar-refractivity contribution in [2.75, 3.05) is 11.4 Å². The lowest BCUT2D eigenvalue weighted by atomic mass is 9.85. The lowest BCUT2D eigenvalue weighted by Crippen LogP contribution is -2.48. The molecule has 1 N–H and O–H groups in total. The van der Waals surface area contributed by atoms with E-state index in [1.165, 1.54) is 0 Å². The first-order valence-electron chi connectivity index (χ1n) is 7.98. The molecule has 2 unspecified atom stereocenters. The van der Waals surface area contributed by atoms with Crippen molar-refractivity contribution in [3.05, 3.63) is 33.9 Å². The molecule has 0 aromatic heterocycles. The largest absolute Gasteiger partial charge is 0.368 e. The van der Waals surface area contributed by atoms with Crippen molar-refractivity contribution in [2.24, 2.45) is 5.92 Å². The van der Waals surface area contributed by atoms with Gasteiger partial charge in [-0.25, -0.2) is 0 Å². The molecular weight excluding hydrogens is 282 g/mol. The summed E-state index contributed by atoms with van der Waals surface area (Å²) in [5.74, 6) is 0.0363. The van der Waals surface area contributed by atoms with E-state index in [9.17, 15) is 14.9 Å². The number of nitro benzene ring substituents is 1. The van der Waals surface area contributed by atoms with Gasteiger partial charge in [0.05, 0.1) is 10.8 Å². The van der Waals surface area contributed by atoms with Gasteiger partial charge in [-0.1, -0.05) is 0 Å². The highest BCUT2D eigenvalue weighted by Gasteiger charge is 2.42. The number of non-ortho nitro benzene ring substituents is 1. The molecule has 1 saturated heterocycles. The van der Waals surface area contributed by atoms with Crippen LogP contribution in [-0.4, -0.2) is 29.5 Å². The van der Waals surface area contributed by atoms with Crippen LogP contribution in [0, 0.1) is 16.0 Å². The molecule has 0 bridgehead atoms. The Hall–Kier alpha value is -2.11. The summed E-state index contributed by atoms with van der Waals surface area (Å²) in [5, 5.41) is 14.1. The maximum atomic E-state index is 12.5. The van der Waals surface area contributed by atoms with Gasteiger partial charge in [0.1, 0.15) is 0 Å². The molecule has 1 amide bonds. The number of nitrogens with one attached hydrogen (secondary N) is 1. The van der Waals surface area contributed by atoms with Crippen LogP contribution in [0.25, 0.3) is 0 Å². The third-order valence-corrected chi connectivity index (χ3v) is 5.05. The molecule has 6 heteroatoms. The van der Waals surface area contributed by atoms with Crippen LogP contribution in [0.15, 0.2) is 18.2 Å². The molecule has 1 aliphatic carbocycles. The van der Waals surface area contributed by atoms with Gasteiger partial charge in [-0.3, -0.25) is 14.9 Å². The lowest BCUT2D eigenvalue weighted by molar-refractivity contribution is -0.384. The third-order valence-electron chi connectivity index (χ3n) is 5.05. The van der Waals surface area contributed by atoms with Gasteiger partial charge in [0, 0.05) is 36.4 Å². The number of anilines is 1. The molecule has 1 aromatic rings. The first-order chi connectivity index (χ1) is 10.6. The Kier molecular flexibility index (Phi) is 3.06. The van der Waals surface area contributed by atoms with E-state index in [1.807, 2.05) is 6.07 Å². The van der Waals surface area contributed by atoms with E-state index in [-0.39, 0.29) is 28.5 Å². The minimum absolute atomic E-state index is 0.0856. The SMILES string of the molecule is O=C(NC1CC1)C1Cc2cc([N+](=O)[O-])ccc2N2CCCC12. The maximum absolute atomic E-state index is 12.5. The average Bonchev–Trinajstić information content (AvgIpc) is 3.17. The molecule has 2 heterocycles. The van der Waals surface area contributed by atoms with Crippen LogP contribution < -0.4 is 10.2 Å². The quantitative estimate of drug-likeness (QED) is 0.684. The summed E-state index contributed by atoms with van der Waals surface area (Å²) in [6, 6.07) is 5.66. The number of nitro groups is 1. The van der Waals surface area contributed by atoms with Gasteiger partial charge in [0.2, 0.25) is 5.91 Å². The Labute approximate surface area is 128 Å². The van der Waals surface area contributed by atoms with Gasteiger partial charge in [-0.05, 0) is 43.7 Å². The molecule has 2 atom stereocenters. The normalized spacial score (nSPS) is 26.3. The van der Waals surface area contributed by atoms with Gasteiger partial charge in [-0.2, -0.15) is 0 Å². The molecule has 1 saturated carbocycles. The summed E-state index contributed by atoms with van der Waals surface area (Å²) in [5.41, 5.74) is 2.12. The highest BCUT2D eigenvalue weighted by Crippen LogP contribution is 2.40. The zero-order valence-corrected chi connectivity index (χ0v) is 12.3. The average molecular weight is 301 g/mol. The van der Waals surface area contributed by atoms with Gasteiger partial charge in [0.15, 0.2) is 0 Å². The highest BCUT2D eigenvalue weighted by atomic mass is 16.6. The van der Waals surface area contributed by atoms with Crippen LogP contribution in [0.3, 0.4) is 0 Å². The number of hydrogen-bond donors (Lipinski definition) is 1. The van der Waals surface area contributed by atoms with E-state index in [4.69, 9.17) is 0 Å². The minimum atomic E-state index is -0.365. The van der Waals surface area contributed by atoms with Crippen molar-refractivity contribution in [1.29, 1.82) is 0 Å². The predicted molar refractivity (Wildman–Crippen MR) is 81.8 cm³/mol. The van der Waals surface area contributed by atoms with E-state index in [2.05, 4.69) is 10.2 Å². The number of rotatable bonds is 3. The third kappa shape index (κ3) is 2.23. The topological polar surface area (TPSA) is 75.5 Å². The summed E-state index contributed by atoms with van der Waals surface area (Å²) in [6.45, 7) is 0.933. The maximum Gasteiger partial charge on any atom is 0.269 e. The second kappa shape index (κ2) is 4.97. The number of nitrogens with zero attached hydrogens (tertiary/aromatic N) is 2. The fourth-order valence-corrected chi connectivity index (χ4v) is 3.82. The van der Waals surface area contributed by atoms with E-state index in [0.29, 0.717) is 12.5 Å². The second-order valence-electron chi connectivity index (χ2n) is 6.57. The number of carbonyl (C=O) groups excluding carboxylic acids is 1. The van der Waals surface area contributed by atoms with Crippen molar-refractivity contribution in [2.45, 2.75) is 44.2 Å². The van der Waals surface area contributed by atoms with Crippen LogP contribution in [0.4, 0.5) is 11.4 Å². The number of benzene rings is 1. The van der Waals surface area contributed by atoms with Crippen molar-refractivity contribution in [3.8, 4) is 0 Å². The fourth-order valence-electron chi connectivity index (χ4n) is 3.82. The summed E-state index contributed by atoms with van der Waals surface area (Å²) in [6.07, 6.45) is 4.87. The second-order valence-corrected chi connectivity index (χ2v) is 6.57. The van der Waals surface area contributed by atoms with Crippen LogP contribution in [-0.2, 0) is 11.2 Å². The van der Waals surface area contributed by atoms with Crippen molar-refractivity contribution < 1.29 is 9.72 Å². The molecule has 0 radical (unpaired) electrons. The number of hydrogen-bond acceptors (Lipinski definition) is 4. The number of carbonyl (C=O) groups is 1. The van der Waals surface area contributed by atoms with Gasteiger partial charge >= 0.3 is 0 Å². The molecule has 6 nitrogen and oxygen atoms in total. The molecule has 4 rings (SSSR count). The Morgan fingerprint density at radius 2 is 2.14 bits per heavy atom. The van der Waals surface area contributed by atoms with Crippen molar-refractivity contribution >= 4 is 17.3 Å². The molecule has 3 aliphatic rings. The zero-order valence-electron chi connectivity index (χ0n) is 12.3. The fraction of sp³-hybridized carbons (Fsp3) is 0.562. The van der Waals surface area contributed by atoms with Gasteiger partial charge in [-0.15, -0.1) is 0 Å². The molecular formula is C16H19N3O3. The summed E-state index contributed by atoms with van der Waals surface area (Å²) in [7, 11) is 0. The molecule has 22 heavy (non-hydrogen) atoms. The van der Waals surface area contributed by atoms with Crippen molar-refractivity contribution in [3.63, 3.8) is 0 Å². The van der Waals surface area contributed by atoms with Crippen LogP contribution >= 0.6 is 0 Å². The first kappa shape index (κ1) is 13.5. The van der Waals surface area contributed by atoms with Crippen molar-refractivity contribution in [1.82, 2.24) is 5.32 Å². The zero-order chi connectivity index (χ0) is 15.3. The Bertz CT molecular complexity index is 642. The minimum Gasteiger partial charge on any atom is -0.368 e. The Balaban J connectivity index is 1.67. The highest BCUT2D eigenvalue weighted by molar-refractivity contribution is 5.82. The van der Waals surface area contributed by atoms with E-state index >= 15 is 0 Å². The van der Waals surface area contributed by atoms with Crippen LogP contribution in [0.1, 0.15) is 31.2 Å². The molecule has 1 aromatic carbocycles. The van der Waals surface area contributed by atoms with E-state index in [1.54, 1.807) is 12.1 Å². The standard InChI is InChI=1S/C16H19N3O3/c20-16(17-11-3-4-11)13-9-10-8-12(19(21)22)5-6-14(10)18-7-1-2-15(13)18/h5-6,8,11,13,15H,1-4,7,9H2,(H,17,20). The Morgan fingerprint density at radius 3 is 2.86 bits per heavy atom. The summed E-state index contributed by atoms with van der Waals surface area (Å²) < 4.78 is 0. The summed E-state index contributed by atoms with van der Waals surface area (Å²) >= 11 is 0. The number of amides is 1. The van der Waals surface area contributed by atoms with E-state index in [0.717, 1.165) is 43.5 Å². The monoisotopic (exact) mass is 301 g/mol.